The van der Waals surface area contributed by atoms with Crippen LogP contribution in [0.4, 0.5) is 11.8 Å². The van der Waals surface area contributed by atoms with Crippen molar-refractivity contribution in [3.63, 3.8) is 0 Å². The Morgan fingerprint density at radius 1 is 0.754 bits per heavy atom. The maximum absolute atomic E-state index is 14.1. The molecule has 6 heterocycles. The normalized spacial score (nSPS) is 17.1. The van der Waals surface area contributed by atoms with E-state index in [4.69, 9.17) is 20.4 Å². The number of phenolic OH excluding ortho intramolecular Hbond substituents is 2. The summed E-state index contributed by atoms with van der Waals surface area (Å²) in [6.45, 7) is 13.8. The molecule has 0 atom stereocenters. The van der Waals surface area contributed by atoms with Crippen LogP contribution in [0.2, 0.25) is 0 Å². The van der Waals surface area contributed by atoms with E-state index in [0.717, 1.165) is 86.1 Å². The summed E-state index contributed by atoms with van der Waals surface area (Å²) in [6, 6.07) is 17.4. The number of benzene rings is 3. The Morgan fingerprint density at radius 3 is 2.18 bits per heavy atom. The van der Waals surface area contributed by atoms with E-state index in [1.807, 2.05) is 36.9 Å². The van der Waals surface area contributed by atoms with Crippen LogP contribution in [0.1, 0.15) is 79.6 Å². The molecule has 3 aromatic carbocycles. The second kappa shape index (κ2) is 17.1. The standard InChI is InChI=1S/C46H52N10O5/c1-29(2)37-20-38(41(58)21-40(37)57)45(60)56-26-33-7-6-31(19-34(33)27-56)25-53-12-10-52(11-13-53)24-30-4-3-5-32(18-30)44(59)55-9-8-36-39(28-55)50-42(35-22-48-46(47)49-23-35)51-43(36)54-14-16-61-17-15-54/h3-7,18-23,29,57-58H,8-17,24-28H2,1-2H3,(H2,47,48,49). The number of nitrogens with zero attached hydrogens (tertiary/aromatic N) is 9. The molecule has 2 amide bonds. The van der Waals surface area contributed by atoms with Gasteiger partial charge in [-0.15, -0.1) is 0 Å². The van der Waals surface area contributed by atoms with Gasteiger partial charge in [0.15, 0.2) is 5.82 Å². The molecule has 2 aromatic heterocycles. The number of nitrogen functional groups attached to an aromatic ring is 1. The number of anilines is 2. The van der Waals surface area contributed by atoms with Gasteiger partial charge in [-0.3, -0.25) is 19.4 Å². The van der Waals surface area contributed by atoms with Gasteiger partial charge in [-0.1, -0.05) is 44.2 Å². The van der Waals surface area contributed by atoms with Crippen molar-refractivity contribution in [2.24, 2.45) is 0 Å². The minimum atomic E-state index is -0.241. The van der Waals surface area contributed by atoms with E-state index < -0.39 is 0 Å². The predicted molar refractivity (Wildman–Crippen MR) is 230 cm³/mol. The molecule has 61 heavy (non-hydrogen) atoms. The van der Waals surface area contributed by atoms with Crippen LogP contribution < -0.4 is 10.6 Å². The number of nitrogens with two attached hydrogens (primary N) is 1. The molecule has 5 aromatic rings. The number of ether oxygens (including phenoxy) is 1. The first-order valence-corrected chi connectivity index (χ1v) is 21.2. The van der Waals surface area contributed by atoms with Crippen LogP contribution in [0.5, 0.6) is 11.5 Å². The number of phenols is 2. The molecule has 0 saturated carbocycles. The molecule has 0 bridgehead atoms. The van der Waals surface area contributed by atoms with Gasteiger partial charge in [0.05, 0.1) is 36.6 Å². The molecule has 15 nitrogen and oxygen atoms in total. The van der Waals surface area contributed by atoms with Crippen molar-refractivity contribution in [1.29, 1.82) is 0 Å². The van der Waals surface area contributed by atoms with E-state index in [2.05, 4.69) is 48.9 Å². The highest BCUT2D eigenvalue weighted by atomic mass is 16.5. The van der Waals surface area contributed by atoms with Crippen LogP contribution in [-0.2, 0) is 43.9 Å². The number of rotatable bonds is 9. The van der Waals surface area contributed by atoms with Crippen LogP contribution in [0, 0.1) is 0 Å². The highest BCUT2D eigenvalue weighted by molar-refractivity contribution is 5.97. The number of hydrogen-bond acceptors (Lipinski definition) is 13. The smallest absolute Gasteiger partial charge is 0.258 e. The topological polar surface area (TPSA) is 178 Å². The molecule has 9 rings (SSSR count). The van der Waals surface area contributed by atoms with Crippen LogP contribution in [0.25, 0.3) is 11.4 Å². The number of morpholine rings is 1. The fraction of sp³-hybridized carbons (Fsp3) is 0.391. The lowest BCUT2D eigenvalue weighted by molar-refractivity contribution is 0.0728. The number of aromatic hydroxyl groups is 2. The SMILES string of the molecule is CC(C)c1cc(C(=O)N2Cc3ccc(CN4CCN(Cc5cccc(C(=O)N6CCc7c(nc(-c8cnc(N)nc8)nc7N7CCOCC7)C6)c5)CC4)cc3C2)c(O)cc1O. The number of fused-ring (bicyclic) bond motifs is 2. The quantitative estimate of drug-likeness (QED) is 0.189. The van der Waals surface area contributed by atoms with E-state index in [0.29, 0.717) is 68.3 Å². The molecule has 2 saturated heterocycles. The number of amides is 2. The van der Waals surface area contributed by atoms with Gasteiger partial charge in [0.25, 0.3) is 11.8 Å². The van der Waals surface area contributed by atoms with Crippen LogP contribution >= 0.6 is 0 Å². The first kappa shape index (κ1) is 40.3. The Hall–Kier alpha value is -6.16. The fourth-order valence-corrected chi connectivity index (χ4v) is 8.90. The average Bonchev–Trinajstić information content (AvgIpc) is 3.70. The molecular weight excluding hydrogens is 773 g/mol. The highest BCUT2D eigenvalue weighted by Gasteiger charge is 2.31. The molecule has 15 heteroatoms. The zero-order valence-electron chi connectivity index (χ0n) is 34.8. The predicted octanol–water partition coefficient (Wildman–Crippen LogP) is 4.56. The molecule has 0 spiro atoms. The molecule has 0 unspecified atom stereocenters. The van der Waals surface area contributed by atoms with Gasteiger partial charge in [0, 0.05) is 102 Å². The van der Waals surface area contributed by atoms with Gasteiger partial charge in [-0.05, 0) is 58.4 Å². The maximum Gasteiger partial charge on any atom is 0.258 e. The molecule has 0 radical (unpaired) electrons. The molecule has 0 aliphatic carbocycles. The number of hydrogen-bond donors (Lipinski definition) is 3. The molecular formula is C46H52N10O5. The zero-order valence-corrected chi connectivity index (χ0v) is 34.8. The van der Waals surface area contributed by atoms with Crippen molar-refractivity contribution in [2.75, 3.05) is 69.7 Å². The lowest BCUT2D eigenvalue weighted by Gasteiger charge is -2.35. The van der Waals surface area contributed by atoms with Crippen LogP contribution in [0.3, 0.4) is 0 Å². The Morgan fingerprint density at radius 2 is 1.46 bits per heavy atom. The number of piperazine rings is 1. The maximum atomic E-state index is 14.1. The molecule has 4 aliphatic heterocycles. The minimum Gasteiger partial charge on any atom is -0.508 e. The van der Waals surface area contributed by atoms with Crippen LogP contribution in [-0.4, -0.2) is 121 Å². The van der Waals surface area contributed by atoms with Crippen molar-refractivity contribution in [2.45, 2.75) is 58.9 Å². The molecule has 4 aliphatic rings. The summed E-state index contributed by atoms with van der Waals surface area (Å²) in [5.74, 6) is 1.14. The summed E-state index contributed by atoms with van der Waals surface area (Å²) in [6.07, 6.45) is 3.93. The highest BCUT2D eigenvalue weighted by Crippen LogP contribution is 2.35. The van der Waals surface area contributed by atoms with E-state index in [9.17, 15) is 19.8 Å². The summed E-state index contributed by atoms with van der Waals surface area (Å²) in [4.78, 5) is 56.6. The van der Waals surface area contributed by atoms with Crippen molar-refractivity contribution < 1.29 is 24.5 Å². The van der Waals surface area contributed by atoms with Gasteiger partial charge in [0.2, 0.25) is 5.95 Å². The van der Waals surface area contributed by atoms with Gasteiger partial charge < -0.3 is 35.4 Å². The van der Waals surface area contributed by atoms with Gasteiger partial charge >= 0.3 is 0 Å². The third-order valence-corrected chi connectivity index (χ3v) is 12.3. The van der Waals surface area contributed by atoms with Gasteiger partial charge in [0.1, 0.15) is 17.3 Å². The zero-order chi connectivity index (χ0) is 42.2. The number of aromatic nitrogens is 4. The number of carbonyl (C=O) groups is 2. The first-order valence-electron chi connectivity index (χ1n) is 21.2. The van der Waals surface area contributed by atoms with E-state index in [1.165, 1.54) is 11.6 Å². The second-order valence-corrected chi connectivity index (χ2v) is 16.8. The Kier molecular flexibility index (Phi) is 11.3. The summed E-state index contributed by atoms with van der Waals surface area (Å²) in [7, 11) is 0. The summed E-state index contributed by atoms with van der Waals surface area (Å²) < 4.78 is 5.62. The summed E-state index contributed by atoms with van der Waals surface area (Å²) >= 11 is 0. The number of carbonyl (C=O) groups excluding carboxylic acids is 2. The van der Waals surface area contributed by atoms with Crippen molar-refractivity contribution in [3.8, 4) is 22.9 Å². The Balaban J connectivity index is 0.804. The van der Waals surface area contributed by atoms with E-state index in [-0.39, 0.29) is 40.7 Å². The lowest BCUT2D eigenvalue weighted by Crippen LogP contribution is -2.45. The molecule has 4 N–H and O–H groups in total. The van der Waals surface area contributed by atoms with E-state index in [1.54, 1.807) is 23.4 Å². The van der Waals surface area contributed by atoms with Crippen molar-refractivity contribution >= 4 is 23.6 Å². The second-order valence-electron chi connectivity index (χ2n) is 16.8. The Bertz CT molecular complexity index is 2450. The van der Waals surface area contributed by atoms with E-state index >= 15 is 0 Å². The third-order valence-electron chi connectivity index (χ3n) is 12.3. The van der Waals surface area contributed by atoms with Crippen molar-refractivity contribution in [1.82, 2.24) is 39.5 Å². The van der Waals surface area contributed by atoms with Crippen LogP contribution in [0.15, 0.2) is 67.0 Å². The van der Waals surface area contributed by atoms with Gasteiger partial charge in [-0.25, -0.2) is 19.9 Å². The minimum absolute atomic E-state index is 0.00141. The first-order chi connectivity index (χ1) is 29.6. The third kappa shape index (κ3) is 8.58. The van der Waals surface area contributed by atoms with Crippen molar-refractivity contribution in [3.05, 3.63) is 117 Å². The largest absolute Gasteiger partial charge is 0.508 e. The monoisotopic (exact) mass is 824 g/mol. The summed E-state index contributed by atoms with van der Waals surface area (Å²) in [5, 5.41) is 20.8. The summed E-state index contributed by atoms with van der Waals surface area (Å²) in [5.41, 5.74) is 14.4. The van der Waals surface area contributed by atoms with Gasteiger partial charge in [-0.2, -0.15) is 0 Å². The molecule has 316 valence electrons. The lowest BCUT2D eigenvalue weighted by atomic mass is 9.98. The Labute approximate surface area is 355 Å². The average molecular weight is 825 g/mol. The fourth-order valence-electron chi connectivity index (χ4n) is 8.90. The molecule has 2 fully saturated rings.